The Bertz CT molecular complexity index is 256. The molecule has 10 heavy (non-hydrogen) atoms. The zero-order chi connectivity index (χ0) is 13.0. The third-order valence-corrected chi connectivity index (χ3v) is 2.10. The van der Waals surface area contributed by atoms with Gasteiger partial charge in [0.2, 0.25) is 0 Å². The van der Waals surface area contributed by atoms with E-state index in [1.54, 1.807) is 0 Å². The summed E-state index contributed by atoms with van der Waals surface area (Å²) in [5.41, 5.74) is -0.197. The molecule has 0 bridgehead atoms. The topological polar surface area (TPSA) is 0 Å². The van der Waals surface area contributed by atoms with Crippen LogP contribution in [0.4, 0.5) is 0 Å². The highest BCUT2D eigenvalue weighted by Crippen LogP contribution is 2.37. The minimum absolute atomic E-state index is 0.0863. The molecular weight excluding hydrogens is 120 g/mol. The summed E-state index contributed by atoms with van der Waals surface area (Å²) in [5, 5.41) is 0. The van der Waals surface area contributed by atoms with Crippen molar-refractivity contribution in [2.45, 2.75) is 52.7 Å². The van der Waals surface area contributed by atoms with Gasteiger partial charge in [-0.1, -0.05) is 39.9 Å². The summed E-state index contributed by atoms with van der Waals surface area (Å²) in [4.78, 5) is 0. The molecule has 1 aliphatic rings. The van der Waals surface area contributed by atoms with E-state index in [-0.39, 0.29) is 24.2 Å². The van der Waals surface area contributed by atoms with E-state index in [1.807, 2.05) is 20.8 Å². The lowest BCUT2D eigenvalue weighted by molar-refractivity contribution is 0.180. The summed E-state index contributed by atoms with van der Waals surface area (Å²) in [7, 11) is 0. The zero-order valence-corrected chi connectivity index (χ0v) is 6.99. The van der Waals surface area contributed by atoms with E-state index in [1.165, 1.54) is 0 Å². The van der Waals surface area contributed by atoms with Crippen LogP contribution in [0.25, 0.3) is 0 Å². The van der Waals surface area contributed by atoms with Gasteiger partial charge in [-0.3, -0.25) is 0 Å². The lowest BCUT2D eigenvalue weighted by Crippen LogP contribution is -2.22. The highest BCUT2D eigenvalue weighted by atomic mass is 14.3. The van der Waals surface area contributed by atoms with Gasteiger partial charge in [-0.15, -0.1) is 0 Å². The van der Waals surface area contributed by atoms with Crippen molar-refractivity contribution in [2.75, 3.05) is 0 Å². The van der Waals surface area contributed by atoms with Crippen LogP contribution in [0, 0.1) is 11.3 Å². The second-order valence-corrected chi connectivity index (χ2v) is 3.95. The maximum atomic E-state index is 7.75. The Balaban J connectivity index is 3.09. The Hall–Kier alpha value is 0. The molecule has 0 atom stereocenters. The fourth-order valence-electron chi connectivity index (χ4n) is 1.10. The Morgan fingerprint density at radius 3 is 2.00 bits per heavy atom. The van der Waals surface area contributed by atoms with E-state index in [9.17, 15) is 0 Å². The van der Waals surface area contributed by atoms with Gasteiger partial charge in [-0.2, -0.15) is 0 Å². The van der Waals surface area contributed by atoms with Crippen LogP contribution >= 0.6 is 0 Å². The van der Waals surface area contributed by atoms with Crippen LogP contribution in [0.1, 0.15) is 61.0 Å². The first-order valence-corrected chi connectivity index (χ1v) is 3.81. The lowest BCUT2D eigenvalue weighted by atomic mass is 9.72. The molecule has 1 rings (SSSR count). The first kappa shape index (κ1) is 3.16. The molecule has 0 heterocycles. The highest BCUT2D eigenvalue weighted by Gasteiger charge is 2.25. The van der Waals surface area contributed by atoms with Crippen LogP contribution in [0.2, 0.25) is 0 Å². The molecule has 1 saturated carbocycles. The molecule has 0 aromatic heterocycles. The molecule has 0 radical (unpaired) electrons. The van der Waals surface area contributed by atoms with Gasteiger partial charge in [-0.25, -0.2) is 0 Å². The van der Waals surface area contributed by atoms with Crippen LogP contribution in [-0.4, -0.2) is 0 Å². The van der Waals surface area contributed by atoms with Gasteiger partial charge in [0.25, 0.3) is 0 Å². The van der Waals surface area contributed by atoms with Crippen LogP contribution < -0.4 is 0 Å². The van der Waals surface area contributed by atoms with Crippen molar-refractivity contribution in [3.8, 4) is 0 Å². The molecule has 0 aromatic carbocycles. The SMILES string of the molecule is [2H]C1([2H])CC(C(C)(C)C)CC([2H])([2H])C1([2H])[2H]. The molecule has 60 valence electrons. The smallest absolute Gasteiger partial charge is 0.0267 e. The van der Waals surface area contributed by atoms with E-state index in [0.29, 0.717) is 0 Å². The second kappa shape index (κ2) is 2.94. The molecular formula is C10H20. The van der Waals surface area contributed by atoms with Gasteiger partial charge in [0.05, 0.1) is 0 Å². The molecule has 0 saturated heterocycles. The Kier molecular flexibility index (Phi) is 0.930. The molecule has 0 N–H and O–H groups in total. The van der Waals surface area contributed by atoms with Gasteiger partial charge >= 0.3 is 0 Å². The average Bonchev–Trinajstić information content (AvgIpc) is 1.97. The Labute approximate surface area is 73.4 Å². The summed E-state index contributed by atoms with van der Waals surface area (Å²) < 4.78 is 46.3. The monoisotopic (exact) mass is 146 g/mol. The molecule has 0 spiro atoms. The van der Waals surface area contributed by atoms with Gasteiger partial charge in [0.15, 0.2) is 0 Å². The second-order valence-electron chi connectivity index (χ2n) is 3.95. The summed E-state index contributed by atoms with van der Waals surface area (Å²) in [6.45, 7) is 5.85. The highest BCUT2D eigenvalue weighted by molar-refractivity contribution is 4.76. The van der Waals surface area contributed by atoms with Gasteiger partial charge in [0, 0.05) is 8.22 Å². The minimum Gasteiger partial charge on any atom is -0.0599 e. The fourth-order valence-corrected chi connectivity index (χ4v) is 1.10. The summed E-state index contributed by atoms with van der Waals surface area (Å²) in [6, 6.07) is 0. The molecule has 0 heteroatoms. The average molecular weight is 146 g/mol. The summed E-state index contributed by atoms with van der Waals surface area (Å²) in [5.74, 6) is -0.138. The third kappa shape index (κ3) is 2.00. The van der Waals surface area contributed by atoms with Gasteiger partial charge in [0.1, 0.15) is 0 Å². The van der Waals surface area contributed by atoms with E-state index in [2.05, 4.69) is 0 Å². The van der Waals surface area contributed by atoms with E-state index < -0.39 is 19.1 Å². The van der Waals surface area contributed by atoms with Crippen molar-refractivity contribution in [3.63, 3.8) is 0 Å². The van der Waals surface area contributed by atoms with E-state index in [0.717, 1.165) is 0 Å². The predicted octanol–water partition coefficient (Wildman–Crippen LogP) is 3.61. The van der Waals surface area contributed by atoms with E-state index in [4.69, 9.17) is 8.22 Å². The first-order chi connectivity index (χ1) is 6.81. The fraction of sp³-hybridized carbons (Fsp3) is 1.00. The maximum Gasteiger partial charge on any atom is 0.0267 e. The van der Waals surface area contributed by atoms with Crippen molar-refractivity contribution >= 4 is 0 Å². The maximum absolute atomic E-state index is 7.75. The Morgan fingerprint density at radius 2 is 1.60 bits per heavy atom. The van der Waals surface area contributed by atoms with Crippen LogP contribution in [0.3, 0.4) is 0 Å². The predicted molar refractivity (Wildman–Crippen MR) is 46.0 cm³/mol. The van der Waals surface area contributed by atoms with Crippen molar-refractivity contribution in [1.82, 2.24) is 0 Å². The summed E-state index contributed by atoms with van der Waals surface area (Å²) in [6.07, 6.45) is -6.45. The number of hydrogen-bond acceptors (Lipinski definition) is 0. The quantitative estimate of drug-likeness (QED) is 0.489. The zero-order valence-electron chi connectivity index (χ0n) is 13.0. The van der Waals surface area contributed by atoms with E-state index >= 15 is 0 Å². The van der Waals surface area contributed by atoms with Crippen molar-refractivity contribution in [3.05, 3.63) is 0 Å². The molecule has 0 unspecified atom stereocenters. The van der Waals surface area contributed by atoms with Crippen molar-refractivity contribution in [2.24, 2.45) is 11.3 Å². The van der Waals surface area contributed by atoms with Crippen LogP contribution in [0.15, 0.2) is 0 Å². The molecule has 1 aliphatic carbocycles. The Morgan fingerprint density at radius 1 is 1.10 bits per heavy atom. The number of hydrogen-bond donors (Lipinski definition) is 0. The van der Waals surface area contributed by atoms with Crippen LogP contribution in [-0.2, 0) is 0 Å². The lowest BCUT2D eigenvalue weighted by Gasteiger charge is -2.33. The number of rotatable bonds is 0. The molecule has 0 aromatic rings. The molecule has 0 amide bonds. The standard InChI is InChI=1S/C10H20/c1-10(2,3)9-7-5-4-6-8-9/h9H,4-8H2,1-3H3/i4D2,5D2,6D2. The normalized spacial score (nSPS) is 47.1. The first-order valence-electron chi connectivity index (χ1n) is 6.81. The largest absolute Gasteiger partial charge is 0.0599 e. The van der Waals surface area contributed by atoms with Crippen LogP contribution in [0.5, 0.6) is 0 Å². The third-order valence-electron chi connectivity index (χ3n) is 2.10. The van der Waals surface area contributed by atoms with Crippen molar-refractivity contribution < 1.29 is 8.22 Å². The molecule has 0 aliphatic heterocycles. The van der Waals surface area contributed by atoms with Gasteiger partial charge in [-0.05, 0) is 24.2 Å². The van der Waals surface area contributed by atoms with Crippen molar-refractivity contribution in [1.29, 1.82) is 0 Å². The molecule has 1 fully saturated rings. The summed E-state index contributed by atoms with van der Waals surface area (Å²) >= 11 is 0. The van der Waals surface area contributed by atoms with Gasteiger partial charge < -0.3 is 0 Å². The molecule has 0 nitrogen and oxygen atoms in total. The minimum atomic E-state index is -2.41.